The molecule has 1 radical (unpaired) electrons. The zero-order valence-electron chi connectivity index (χ0n) is 19.3. The highest BCUT2D eigenvalue weighted by Crippen LogP contribution is 2.37. The first-order valence-corrected chi connectivity index (χ1v) is 11.3. The molecule has 0 unspecified atom stereocenters. The topological polar surface area (TPSA) is 0 Å². The van der Waals surface area contributed by atoms with E-state index < -0.39 is 0 Å². The average Bonchev–Trinajstić information content (AvgIpc) is 2.43. The van der Waals surface area contributed by atoms with E-state index in [1.807, 2.05) is 0 Å². The normalized spacial score (nSPS) is 13.4. The van der Waals surface area contributed by atoms with Gasteiger partial charge in [0.25, 0.3) is 0 Å². The Kier molecular flexibility index (Phi) is 12.4. The van der Waals surface area contributed by atoms with Crippen LogP contribution in [0.25, 0.3) is 0 Å². The highest BCUT2D eigenvalue weighted by atomic mass is 14.3. The Hall–Kier alpha value is 0. The van der Waals surface area contributed by atoms with Crippen molar-refractivity contribution in [2.75, 3.05) is 0 Å². The monoisotopic (exact) mass is 351 g/mol. The van der Waals surface area contributed by atoms with Crippen molar-refractivity contribution in [3.8, 4) is 0 Å². The Labute approximate surface area is 161 Å². The van der Waals surface area contributed by atoms with Crippen molar-refractivity contribution in [1.82, 2.24) is 0 Å². The predicted octanol–water partition coefficient (Wildman–Crippen LogP) is 9.38. The Balaban J connectivity index is 3.56. The summed E-state index contributed by atoms with van der Waals surface area (Å²) in [5, 5.41) is 0. The lowest BCUT2D eigenvalue weighted by Gasteiger charge is -2.32. The minimum Gasteiger partial charge on any atom is -0.0654 e. The maximum atomic E-state index is 2.59. The van der Waals surface area contributed by atoms with Gasteiger partial charge in [-0.15, -0.1) is 0 Å². The lowest BCUT2D eigenvalue weighted by atomic mass is 9.73. The van der Waals surface area contributed by atoms with E-state index in [9.17, 15) is 0 Å². The quantitative estimate of drug-likeness (QED) is 0.258. The van der Waals surface area contributed by atoms with Crippen LogP contribution < -0.4 is 0 Å². The molecule has 0 fully saturated rings. The fourth-order valence-electron chi connectivity index (χ4n) is 4.40. The SMILES string of the molecule is CCCCCC(C)(C)[CH]CCCCCCCCC(C)(C)CC(C)(C)C. The molecule has 0 saturated heterocycles. The van der Waals surface area contributed by atoms with Crippen molar-refractivity contribution in [3.05, 3.63) is 6.42 Å². The highest BCUT2D eigenvalue weighted by molar-refractivity contribution is 4.84. The van der Waals surface area contributed by atoms with Gasteiger partial charge in [0.05, 0.1) is 0 Å². The van der Waals surface area contributed by atoms with E-state index in [0.717, 1.165) is 0 Å². The molecule has 0 spiro atoms. The standard InChI is InChI=1S/C25H51/c1-9-10-16-19-24(5,6)20-17-14-12-11-13-15-18-21-25(7,8)22-23(2,3)4/h20H,9-19,21-22H2,1-8H3. The van der Waals surface area contributed by atoms with E-state index in [0.29, 0.717) is 16.2 Å². The summed E-state index contributed by atoms with van der Waals surface area (Å²) in [6.07, 6.45) is 20.7. The molecule has 0 aliphatic rings. The van der Waals surface area contributed by atoms with Crippen LogP contribution in [0, 0.1) is 22.7 Å². The molecule has 0 aromatic rings. The van der Waals surface area contributed by atoms with Gasteiger partial charge in [0, 0.05) is 0 Å². The number of hydrogen-bond acceptors (Lipinski definition) is 0. The second kappa shape index (κ2) is 12.4. The molecular weight excluding hydrogens is 300 g/mol. The zero-order valence-corrected chi connectivity index (χ0v) is 19.3. The number of rotatable bonds is 15. The molecule has 0 rings (SSSR count). The summed E-state index contributed by atoms with van der Waals surface area (Å²) in [7, 11) is 0. The van der Waals surface area contributed by atoms with Crippen LogP contribution in [0.15, 0.2) is 0 Å². The van der Waals surface area contributed by atoms with Crippen LogP contribution in [0.5, 0.6) is 0 Å². The van der Waals surface area contributed by atoms with Crippen molar-refractivity contribution in [2.45, 2.75) is 139 Å². The molecule has 0 aromatic heterocycles. The van der Waals surface area contributed by atoms with E-state index in [2.05, 4.69) is 61.8 Å². The minimum atomic E-state index is 0.452. The average molecular weight is 352 g/mol. The first-order chi connectivity index (χ1) is 11.5. The first-order valence-electron chi connectivity index (χ1n) is 11.3. The van der Waals surface area contributed by atoms with Crippen LogP contribution in [0.4, 0.5) is 0 Å². The van der Waals surface area contributed by atoms with Gasteiger partial charge in [-0.1, -0.05) is 113 Å². The summed E-state index contributed by atoms with van der Waals surface area (Å²) in [5.41, 5.74) is 1.43. The molecule has 25 heavy (non-hydrogen) atoms. The molecule has 0 aliphatic carbocycles. The van der Waals surface area contributed by atoms with Crippen LogP contribution in [-0.2, 0) is 0 Å². The molecule has 0 saturated carbocycles. The maximum Gasteiger partial charge on any atom is -0.0323 e. The van der Waals surface area contributed by atoms with Gasteiger partial charge in [-0.25, -0.2) is 0 Å². The van der Waals surface area contributed by atoms with Gasteiger partial charge in [-0.05, 0) is 48.3 Å². The second-order valence-electron chi connectivity index (χ2n) is 11.2. The Bertz CT molecular complexity index is 302. The third-order valence-corrected chi connectivity index (χ3v) is 5.44. The lowest BCUT2D eigenvalue weighted by molar-refractivity contribution is 0.194. The third-order valence-electron chi connectivity index (χ3n) is 5.44. The number of hydrogen-bond donors (Lipinski definition) is 0. The lowest BCUT2D eigenvalue weighted by Crippen LogP contribution is -2.20. The van der Waals surface area contributed by atoms with Gasteiger partial charge in [0.15, 0.2) is 0 Å². The zero-order chi connectivity index (χ0) is 19.4. The highest BCUT2D eigenvalue weighted by Gasteiger charge is 2.24. The Morgan fingerprint density at radius 2 is 1.12 bits per heavy atom. The smallest absolute Gasteiger partial charge is 0.0323 e. The third kappa shape index (κ3) is 17.2. The molecule has 0 bridgehead atoms. The molecule has 0 N–H and O–H groups in total. The summed E-state index contributed by atoms with van der Waals surface area (Å²) in [6.45, 7) is 19.2. The molecule has 0 heteroatoms. The molecule has 0 atom stereocenters. The van der Waals surface area contributed by atoms with E-state index in [-0.39, 0.29) is 0 Å². The van der Waals surface area contributed by atoms with Crippen LogP contribution in [0.2, 0.25) is 0 Å². The van der Waals surface area contributed by atoms with Gasteiger partial charge >= 0.3 is 0 Å². The predicted molar refractivity (Wildman–Crippen MR) is 117 cm³/mol. The molecule has 0 aliphatic heterocycles. The summed E-state index contributed by atoms with van der Waals surface area (Å²) in [4.78, 5) is 0. The largest absolute Gasteiger partial charge is 0.0654 e. The second-order valence-corrected chi connectivity index (χ2v) is 11.2. The molecular formula is C25H51. The van der Waals surface area contributed by atoms with E-state index in [4.69, 9.17) is 0 Å². The van der Waals surface area contributed by atoms with E-state index in [1.54, 1.807) is 0 Å². The van der Waals surface area contributed by atoms with Crippen molar-refractivity contribution < 1.29 is 0 Å². The van der Waals surface area contributed by atoms with Gasteiger partial charge in [0.1, 0.15) is 0 Å². The Morgan fingerprint density at radius 1 is 0.600 bits per heavy atom. The van der Waals surface area contributed by atoms with Crippen molar-refractivity contribution in [3.63, 3.8) is 0 Å². The molecule has 151 valence electrons. The van der Waals surface area contributed by atoms with Gasteiger partial charge in [-0.2, -0.15) is 0 Å². The summed E-state index contributed by atoms with van der Waals surface area (Å²) >= 11 is 0. The van der Waals surface area contributed by atoms with Crippen molar-refractivity contribution in [1.29, 1.82) is 0 Å². The van der Waals surface area contributed by atoms with E-state index >= 15 is 0 Å². The van der Waals surface area contributed by atoms with Crippen LogP contribution >= 0.6 is 0 Å². The summed E-state index contributed by atoms with van der Waals surface area (Å²) in [5.74, 6) is 0. The fourth-order valence-corrected chi connectivity index (χ4v) is 4.40. The molecule has 0 nitrogen and oxygen atoms in total. The Morgan fingerprint density at radius 3 is 1.68 bits per heavy atom. The molecule has 0 aromatic carbocycles. The van der Waals surface area contributed by atoms with Crippen molar-refractivity contribution >= 4 is 0 Å². The van der Waals surface area contributed by atoms with Gasteiger partial charge < -0.3 is 0 Å². The first kappa shape index (κ1) is 25.0. The van der Waals surface area contributed by atoms with Crippen LogP contribution in [-0.4, -0.2) is 0 Å². The molecule has 0 amide bonds. The molecule has 0 heterocycles. The minimum absolute atomic E-state index is 0.452. The van der Waals surface area contributed by atoms with E-state index in [1.165, 1.54) is 83.5 Å². The fraction of sp³-hybridized carbons (Fsp3) is 0.960. The van der Waals surface area contributed by atoms with Crippen LogP contribution in [0.3, 0.4) is 0 Å². The maximum absolute atomic E-state index is 2.59. The van der Waals surface area contributed by atoms with Crippen molar-refractivity contribution in [2.24, 2.45) is 16.2 Å². The van der Waals surface area contributed by atoms with Gasteiger partial charge in [-0.3, -0.25) is 0 Å². The summed E-state index contributed by atoms with van der Waals surface area (Å²) < 4.78 is 0. The number of unbranched alkanes of at least 4 members (excludes halogenated alkanes) is 8. The van der Waals surface area contributed by atoms with Gasteiger partial charge in [0.2, 0.25) is 0 Å². The van der Waals surface area contributed by atoms with Crippen LogP contribution in [0.1, 0.15) is 139 Å². The summed E-state index contributed by atoms with van der Waals surface area (Å²) in [6, 6.07) is 0.